The molecule has 2 N–H and O–H groups in total. The first-order valence-corrected chi connectivity index (χ1v) is 8.96. The van der Waals surface area contributed by atoms with E-state index in [4.69, 9.17) is 4.74 Å². The number of morpholine rings is 1. The number of ether oxygens (including phenoxy) is 1. The van der Waals surface area contributed by atoms with E-state index in [2.05, 4.69) is 20.6 Å². The number of aromatic carboxylic acids is 1. The van der Waals surface area contributed by atoms with Crippen LogP contribution in [0.25, 0.3) is 16.9 Å². The van der Waals surface area contributed by atoms with Gasteiger partial charge in [-0.2, -0.15) is 0 Å². The lowest BCUT2D eigenvalue weighted by Crippen LogP contribution is -2.43. The normalized spacial score (nSPS) is 13.9. The summed E-state index contributed by atoms with van der Waals surface area (Å²) >= 11 is 0. The molecule has 3 aromatic rings. The van der Waals surface area contributed by atoms with Crippen LogP contribution in [0.1, 0.15) is 10.4 Å². The quantitative estimate of drug-likeness (QED) is 0.693. The van der Waals surface area contributed by atoms with Crippen LogP contribution in [0.2, 0.25) is 0 Å². The topological polar surface area (TPSA) is 122 Å². The van der Waals surface area contributed by atoms with Crippen LogP contribution in [0.3, 0.4) is 0 Å². The molecule has 10 heteroatoms. The Labute approximate surface area is 165 Å². The fourth-order valence-electron chi connectivity index (χ4n) is 2.99. The molecule has 0 spiro atoms. The van der Waals surface area contributed by atoms with Crippen LogP contribution in [0.5, 0.6) is 0 Å². The Morgan fingerprint density at radius 3 is 2.79 bits per heavy atom. The maximum atomic E-state index is 12.4. The van der Waals surface area contributed by atoms with E-state index in [9.17, 15) is 14.7 Å². The van der Waals surface area contributed by atoms with Gasteiger partial charge in [-0.25, -0.2) is 14.3 Å². The van der Waals surface area contributed by atoms with Gasteiger partial charge in [0.15, 0.2) is 0 Å². The number of benzene rings is 1. The van der Waals surface area contributed by atoms with Crippen molar-refractivity contribution in [2.45, 2.75) is 0 Å². The van der Waals surface area contributed by atoms with Crippen molar-refractivity contribution in [3.05, 3.63) is 54.5 Å². The molecule has 0 aliphatic carbocycles. The number of anilines is 1. The Morgan fingerprint density at radius 2 is 2.00 bits per heavy atom. The molecule has 1 saturated heterocycles. The summed E-state index contributed by atoms with van der Waals surface area (Å²) in [5, 5.41) is 20.4. The van der Waals surface area contributed by atoms with Crippen molar-refractivity contribution < 1.29 is 19.4 Å². The summed E-state index contributed by atoms with van der Waals surface area (Å²) in [6.45, 7) is 2.16. The van der Waals surface area contributed by atoms with Crippen LogP contribution in [-0.4, -0.2) is 68.3 Å². The Kier molecular flexibility index (Phi) is 5.16. The van der Waals surface area contributed by atoms with Crippen molar-refractivity contribution >= 4 is 17.7 Å². The Hall–Kier alpha value is -3.79. The first-order valence-electron chi connectivity index (χ1n) is 8.96. The van der Waals surface area contributed by atoms with Gasteiger partial charge in [0.05, 0.1) is 30.7 Å². The van der Waals surface area contributed by atoms with Gasteiger partial charge in [-0.15, -0.1) is 5.10 Å². The molecule has 0 unspecified atom stereocenters. The number of carbonyl (C=O) groups is 2. The van der Waals surface area contributed by atoms with Crippen LogP contribution < -0.4 is 5.32 Å². The Balaban J connectivity index is 1.55. The predicted molar refractivity (Wildman–Crippen MR) is 103 cm³/mol. The van der Waals surface area contributed by atoms with E-state index in [1.165, 1.54) is 23.1 Å². The molecule has 3 heterocycles. The van der Waals surface area contributed by atoms with Gasteiger partial charge in [0, 0.05) is 36.7 Å². The lowest BCUT2D eigenvalue weighted by atomic mass is 10.1. The van der Waals surface area contributed by atoms with E-state index in [1.54, 1.807) is 29.3 Å². The largest absolute Gasteiger partial charge is 0.478 e. The summed E-state index contributed by atoms with van der Waals surface area (Å²) in [5.74, 6) is -1.07. The van der Waals surface area contributed by atoms with E-state index >= 15 is 0 Å². The highest BCUT2D eigenvalue weighted by Gasteiger charge is 2.17. The number of amides is 2. The number of carboxylic acid groups (broad SMARTS) is 1. The second-order valence-electron chi connectivity index (χ2n) is 6.35. The summed E-state index contributed by atoms with van der Waals surface area (Å²) in [4.78, 5) is 29.5. The number of rotatable bonds is 4. The van der Waals surface area contributed by atoms with Gasteiger partial charge < -0.3 is 20.1 Å². The molecule has 4 rings (SSSR count). The smallest absolute Gasteiger partial charge is 0.336 e. The van der Waals surface area contributed by atoms with E-state index in [0.717, 1.165) is 0 Å². The average molecular weight is 394 g/mol. The lowest BCUT2D eigenvalue weighted by molar-refractivity contribution is 0.0564. The van der Waals surface area contributed by atoms with Crippen molar-refractivity contribution in [3.8, 4) is 16.9 Å². The third-order valence-corrected chi connectivity index (χ3v) is 4.48. The van der Waals surface area contributed by atoms with E-state index in [0.29, 0.717) is 48.9 Å². The molecule has 1 aromatic carbocycles. The first kappa shape index (κ1) is 18.6. The number of urea groups is 1. The van der Waals surface area contributed by atoms with E-state index in [-0.39, 0.29) is 11.6 Å². The summed E-state index contributed by atoms with van der Waals surface area (Å²) in [6.07, 6.45) is 4.47. The van der Waals surface area contributed by atoms with E-state index in [1.807, 2.05) is 6.07 Å². The van der Waals surface area contributed by atoms with Crippen LogP contribution in [0, 0.1) is 0 Å². The average Bonchev–Trinajstić information content (AvgIpc) is 3.25. The van der Waals surface area contributed by atoms with Gasteiger partial charge in [0.2, 0.25) is 0 Å². The van der Waals surface area contributed by atoms with Crippen molar-refractivity contribution in [3.63, 3.8) is 0 Å². The van der Waals surface area contributed by atoms with Crippen LogP contribution in [0.15, 0.2) is 48.9 Å². The Morgan fingerprint density at radius 1 is 1.17 bits per heavy atom. The number of nitrogens with zero attached hydrogens (tertiary/aromatic N) is 5. The molecular formula is C19H18N6O4. The highest BCUT2D eigenvalue weighted by molar-refractivity contribution is 5.95. The lowest BCUT2D eigenvalue weighted by Gasteiger charge is -2.26. The first-order chi connectivity index (χ1) is 14.1. The van der Waals surface area contributed by atoms with Gasteiger partial charge in [-0.1, -0.05) is 11.3 Å². The van der Waals surface area contributed by atoms with Crippen molar-refractivity contribution in [1.82, 2.24) is 24.9 Å². The SMILES string of the molecule is O=C(O)c1ccncc1-c1cn(-c2cccc(NC(=O)N3CCOCC3)c2)nn1. The van der Waals surface area contributed by atoms with Crippen molar-refractivity contribution in [1.29, 1.82) is 0 Å². The maximum Gasteiger partial charge on any atom is 0.336 e. The molecule has 10 nitrogen and oxygen atoms in total. The molecule has 0 saturated carbocycles. The van der Waals surface area contributed by atoms with Crippen molar-refractivity contribution in [2.75, 3.05) is 31.6 Å². The summed E-state index contributed by atoms with van der Waals surface area (Å²) in [7, 11) is 0. The minimum atomic E-state index is -1.07. The van der Waals surface area contributed by atoms with Crippen LogP contribution in [0.4, 0.5) is 10.5 Å². The number of aromatic nitrogens is 4. The molecule has 1 fully saturated rings. The molecule has 29 heavy (non-hydrogen) atoms. The molecular weight excluding hydrogens is 376 g/mol. The minimum Gasteiger partial charge on any atom is -0.478 e. The zero-order valence-corrected chi connectivity index (χ0v) is 15.4. The third kappa shape index (κ3) is 4.06. The maximum absolute atomic E-state index is 12.4. The zero-order chi connectivity index (χ0) is 20.2. The van der Waals surface area contributed by atoms with Gasteiger partial charge in [0.1, 0.15) is 5.69 Å². The number of hydrogen-bond acceptors (Lipinski definition) is 6. The van der Waals surface area contributed by atoms with Crippen LogP contribution >= 0.6 is 0 Å². The number of pyridine rings is 1. The summed E-state index contributed by atoms with van der Waals surface area (Å²) < 4.78 is 6.77. The standard InChI is InChI=1S/C19H18N6O4/c26-18(27)15-4-5-20-11-16(15)17-12-25(23-22-17)14-3-1-2-13(10-14)21-19(28)24-6-8-29-9-7-24/h1-5,10-12H,6-9H2,(H,21,28)(H,26,27). The second-order valence-corrected chi connectivity index (χ2v) is 6.35. The van der Waals surface area contributed by atoms with Gasteiger partial charge in [-0.05, 0) is 24.3 Å². The molecule has 1 aliphatic rings. The molecule has 2 aromatic heterocycles. The summed E-state index contributed by atoms with van der Waals surface area (Å²) in [6, 6.07) is 8.37. The molecule has 2 amide bonds. The molecule has 0 atom stereocenters. The highest BCUT2D eigenvalue weighted by Crippen LogP contribution is 2.22. The molecule has 0 radical (unpaired) electrons. The zero-order valence-electron chi connectivity index (χ0n) is 15.4. The fourth-order valence-corrected chi connectivity index (χ4v) is 2.99. The third-order valence-electron chi connectivity index (χ3n) is 4.48. The predicted octanol–water partition coefficient (Wildman–Crippen LogP) is 1.89. The second kappa shape index (κ2) is 8.07. The van der Waals surface area contributed by atoms with Gasteiger partial charge in [-0.3, -0.25) is 4.98 Å². The monoisotopic (exact) mass is 394 g/mol. The number of carboxylic acids is 1. The number of nitrogens with one attached hydrogen (secondary N) is 1. The number of hydrogen-bond donors (Lipinski definition) is 2. The van der Waals surface area contributed by atoms with Crippen molar-refractivity contribution in [2.24, 2.45) is 0 Å². The molecule has 148 valence electrons. The highest BCUT2D eigenvalue weighted by atomic mass is 16.5. The van der Waals surface area contributed by atoms with Crippen LogP contribution in [-0.2, 0) is 4.74 Å². The molecule has 1 aliphatic heterocycles. The Bertz CT molecular complexity index is 1040. The summed E-state index contributed by atoms with van der Waals surface area (Å²) in [5.41, 5.74) is 2.15. The minimum absolute atomic E-state index is 0.0959. The number of carbonyl (C=O) groups excluding carboxylic acids is 1. The van der Waals surface area contributed by atoms with Gasteiger partial charge >= 0.3 is 12.0 Å². The van der Waals surface area contributed by atoms with Gasteiger partial charge in [0.25, 0.3) is 0 Å². The van der Waals surface area contributed by atoms with E-state index < -0.39 is 5.97 Å². The molecule has 0 bridgehead atoms. The fraction of sp³-hybridized carbons (Fsp3) is 0.211.